The van der Waals surface area contributed by atoms with Crippen molar-refractivity contribution in [1.82, 2.24) is 25.1 Å². The molecular weight excluding hydrogens is 440 g/mol. The first-order valence-electron chi connectivity index (χ1n) is 10.6. The second kappa shape index (κ2) is 9.14. The summed E-state index contributed by atoms with van der Waals surface area (Å²) in [5.74, 6) is 0.996. The van der Waals surface area contributed by atoms with Gasteiger partial charge in [0.15, 0.2) is 16.5 Å². The number of pyridine rings is 1. The molecular formula is C23H26N6O3S. The number of amides is 2. The highest BCUT2D eigenvalue weighted by molar-refractivity contribution is 7.14. The number of hydrogen-bond donors (Lipinski definition) is 2. The Morgan fingerprint density at radius 3 is 2.70 bits per heavy atom. The lowest BCUT2D eigenvalue weighted by Gasteiger charge is -2.11. The van der Waals surface area contributed by atoms with Crippen LogP contribution in [0.3, 0.4) is 0 Å². The normalized spacial score (nSPS) is 11.2. The maximum absolute atomic E-state index is 12.6. The van der Waals surface area contributed by atoms with Crippen LogP contribution in [-0.4, -0.2) is 31.6 Å². The maximum Gasteiger partial charge on any atom is 0.226 e. The van der Waals surface area contributed by atoms with Gasteiger partial charge in [0.1, 0.15) is 11.5 Å². The van der Waals surface area contributed by atoms with Crippen LogP contribution in [0.5, 0.6) is 0 Å². The molecule has 0 saturated heterocycles. The zero-order valence-corrected chi connectivity index (χ0v) is 20.1. The molecule has 0 spiro atoms. The fourth-order valence-corrected chi connectivity index (χ4v) is 4.63. The molecule has 4 aromatic heterocycles. The Bertz CT molecular complexity index is 1350. The van der Waals surface area contributed by atoms with Crippen LogP contribution in [0.25, 0.3) is 22.5 Å². The predicted octanol–water partition coefficient (Wildman–Crippen LogP) is 3.82. The summed E-state index contributed by atoms with van der Waals surface area (Å²) in [6.45, 7) is 7.79. The monoisotopic (exact) mass is 466 g/mol. The van der Waals surface area contributed by atoms with Gasteiger partial charge in [-0.3, -0.25) is 14.3 Å². The number of nitrogens with one attached hydrogen (secondary N) is 2. The first-order valence-corrected chi connectivity index (χ1v) is 11.5. The standard InChI is InChI=1S/C23H26N6O3S/c1-12-17(13(2)25-22-21(12)14(3)28-29(22)5)7-9-20(31)27-23-26-18(11-33-23)19-8-6-16(32-19)10-24-15(4)30/h6,8,11H,7,9-10H2,1-5H3,(H,24,30)(H,26,27,31). The average Bonchev–Trinajstić information content (AvgIpc) is 3.46. The molecule has 0 aliphatic rings. The van der Waals surface area contributed by atoms with E-state index in [4.69, 9.17) is 9.40 Å². The summed E-state index contributed by atoms with van der Waals surface area (Å²) >= 11 is 1.34. The summed E-state index contributed by atoms with van der Waals surface area (Å²) in [6.07, 6.45) is 0.911. The third-order valence-corrected chi connectivity index (χ3v) is 6.27. The Morgan fingerprint density at radius 1 is 1.15 bits per heavy atom. The minimum Gasteiger partial charge on any atom is -0.458 e. The van der Waals surface area contributed by atoms with Gasteiger partial charge in [0, 0.05) is 36.9 Å². The highest BCUT2D eigenvalue weighted by Crippen LogP contribution is 2.28. The topological polar surface area (TPSA) is 115 Å². The van der Waals surface area contributed by atoms with Gasteiger partial charge in [-0.15, -0.1) is 11.3 Å². The molecule has 0 atom stereocenters. The van der Waals surface area contributed by atoms with Gasteiger partial charge in [0.25, 0.3) is 0 Å². The summed E-state index contributed by atoms with van der Waals surface area (Å²) in [5, 5.41) is 13.4. The van der Waals surface area contributed by atoms with Gasteiger partial charge >= 0.3 is 0 Å². The predicted molar refractivity (Wildman–Crippen MR) is 127 cm³/mol. The fraction of sp³-hybridized carbons (Fsp3) is 0.348. The lowest BCUT2D eigenvalue weighted by Crippen LogP contribution is -2.18. The lowest BCUT2D eigenvalue weighted by molar-refractivity contribution is -0.119. The number of nitrogens with zero attached hydrogens (tertiary/aromatic N) is 4. The number of fused-ring (bicyclic) bond motifs is 1. The number of furan rings is 1. The first-order chi connectivity index (χ1) is 15.7. The largest absolute Gasteiger partial charge is 0.458 e. The van der Waals surface area contributed by atoms with Crippen LogP contribution < -0.4 is 10.6 Å². The number of aryl methyl sites for hydroxylation is 4. The van der Waals surface area contributed by atoms with Crippen molar-refractivity contribution in [2.45, 2.75) is 47.1 Å². The number of carbonyl (C=O) groups is 2. The maximum atomic E-state index is 12.6. The van der Waals surface area contributed by atoms with Gasteiger partial charge in [-0.05, 0) is 50.5 Å². The molecule has 0 radical (unpaired) electrons. The molecule has 4 aromatic rings. The van der Waals surface area contributed by atoms with Crippen molar-refractivity contribution >= 4 is 39.3 Å². The zero-order chi connectivity index (χ0) is 23.7. The second-order valence-corrected chi connectivity index (χ2v) is 8.83. The van der Waals surface area contributed by atoms with Crippen molar-refractivity contribution in [1.29, 1.82) is 0 Å². The van der Waals surface area contributed by atoms with E-state index in [-0.39, 0.29) is 11.8 Å². The summed E-state index contributed by atoms with van der Waals surface area (Å²) in [7, 11) is 1.89. The lowest BCUT2D eigenvalue weighted by atomic mass is 9.99. The SMILES string of the molecule is CC(=O)NCc1ccc(-c2csc(NC(=O)CCc3c(C)nc4c(c(C)nn4C)c3C)n2)o1. The molecule has 33 heavy (non-hydrogen) atoms. The molecule has 9 nitrogen and oxygen atoms in total. The quantitative estimate of drug-likeness (QED) is 0.428. The highest BCUT2D eigenvalue weighted by Gasteiger charge is 2.17. The van der Waals surface area contributed by atoms with Crippen molar-refractivity contribution in [3.05, 3.63) is 45.8 Å². The molecule has 0 fully saturated rings. The Morgan fingerprint density at radius 2 is 1.94 bits per heavy atom. The van der Waals surface area contributed by atoms with E-state index < -0.39 is 0 Å². The number of carbonyl (C=O) groups excluding carboxylic acids is 2. The molecule has 2 amide bonds. The van der Waals surface area contributed by atoms with Crippen molar-refractivity contribution in [2.75, 3.05) is 5.32 Å². The van der Waals surface area contributed by atoms with Crippen molar-refractivity contribution in [3.63, 3.8) is 0 Å². The van der Waals surface area contributed by atoms with Gasteiger partial charge in [0.05, 0.1) is 12.2 Å². The Kier molecular flexibility index (Phi) is 6.28. The number of thiazole rings is 1. The molecule has 0 aliphatic heterocycles. The smallest absolute Gasteiger partial charge is 0.226 e. The van der Waals surface area contributed by atoms with Crippen LogP contribution >= 0.6 is 11.3 Å². The number of anilines is 1. The third kappa shape index (κ3) is 4.80. The van der Waals surface area contributed by atoms with Crippen molar-refractivity contribution in [3.8, 4) is 11.5 Å². The van der Waals surface area contributed by atoms with Crippen LogP contribution in [0.4, 0.5) is 5.13 Å². The first kappa shape index (κ1) is 22.7. The second-order valence-electron chi connectivity index (χ2n) is 7.97. The Hall–Kier alpha value is -3.53. The molecule has 0 aromatic carbocycles. The number of hydrogen-bond acceptors (Lipinski definition) is 7. The Labute approximate surface area is 195 Å². The number of rotatable bonds is 7. The molecule has 2 N–H and O–H groups in total. The average molecular weight is 467 g/mol. The molecule has 172 valence electrons. The van der Waals surface area contributed by atoms with E-state index in [1.807, 2.05) is 26.3 Å². The molecule has 10 heteroatoms. The Balaban J connectivity index is 1.40. The van der Waals surface area contributed by atoms with Crippen molar-refractivity contribution in [2.24, 2.45) is 7.05 Å². The van der Waals surface area contributed by atoms with Crippen LogP contribution in [0, 0.1) is 20.8 Å². The fourth-order valence-electron chi connectivity index (χ4n) is 3.92. The number of aromatic nitrogens is 4. The highest BCUT2D eigenvalue weighted by atomic mass is 32.1. The van der Waals surface area contributed by atoms with E-state index in [1.54, 1.807) is 16.8 Å². The molecule has 4 rings (SSSR count). The van der Waals surface area contributed by atoms with Gasteiger partial charge < -0.3 is 15.1 Å². The molecule has 4 heterocycles. The summed E-state index contributed by atoms with van der Waals surface area (Å²) in [5.41, 5.74) is 5.56. The van der Waals surface area contributed by atoms with Gasteiger partial charge in [-0.1, -0.05) is 0 Å². The van der Waals surface area contributed by atoms with E-state index in [1.165, 1.54) is 18.3 Å². The van der Waals surface area contributed by atoms with Gasteiger partial charge in [-0.25, -0.2) is 9.97 Å². The summed E-state index contributed by atoms with van der Waals surface area (Å²) in [4.78, 5) is 32.8. The minimum atomic E-state index is -0.122. The van der Waals surface area contributed by atoms with Crippen molar-refractivity contribution < 1.29 is 14.0 Å². The van der Waals surface area contributed by atoms with E-state index in [9.17, 15) is 9.59 Å². The minimum absolute atomic E-state index is 0.108. The van der Waals surface area contributed by atoms with E-state index in [2.05, 4.69) is 27.6 Å². The summed E-state index contributed by atoms with van der Waals surface area (Å²) < 4.78 is 7.51. The van der Waals surface area contributed by atoms with Gasteiger partial charge in [-0.2, -0.15) is 5.10 Å². The van der Waals surface area contributed by atoms with E-state index in [0.717, 1.165) is 33.5 Å². The van der Waals surface area contributed by atoms with Crippen LogP contribution in [0.1, 0.15) is 41.6 Å². The van der Waals surface area contributed by atoms with Crippen LogP contribution in [-0.2, 0) is 29.6 Å². The zero-order valence-electron chi connectivity index (χ0n) is 19.3. The summed E-state index contributed by atoms with van der Waals surface area (Å²) in [6, 6.07) is 3.59. The molecule has 0 aliphatic carbocycles. The van der Waals surface area contributed by atoms with E-state index in [0.29, 0.717) is 41.7 Å². The van der Waals surface area contributed by atoms with Gasteiger partial charge in [0.2, 0.25) is 11.8 Å². The molecule has 0 unspecified atom stereocenters. The molecule has 0 saturated carbocycles. The van der Waals surface area contributed by atoms with Crippen LogP contribution in [0.2, 0.25) is 0 Å². The van der Waals surface area contributed by atoms with E-state index >= 15 is 0 Å². The third-order valence-electron chi connectivity index (χ3n) is 5.51. The molecule has 0 bridgehead atoms. The van der Waals surface area contributed by atoms with Crippen LogP contribution in [0.15, 0.2) is 21.9 Å².